The molecule has 5 heteroatoms. The number of carbonyl (C=O) groups excluding carboxylic acids is 2. The smallest absolute Gasteiger partial charge is 0.167 e. The second kappa shape index (κ2) is 2.41. The summed E-state index contributed by atoms with van der Waals surface area (Å²) in [6, 6.07) is 0. The summed E-state index contributed by atoms with van der Waals surface area (Å²) in [5.74, 6) is -1.45. The van der Waals surface area contributed by atoms with Crippen LogP contribution in [0.15, 0.2) is 0 Å². The molecule has 1 atom stereocenters. The van der Waals surface area contributed by atoms with Crippen LogP contribution in [0.4, 0.5) is 0 Å². The average Bonchev–Trinajstić information content (AvgIpc) is 1.81. The zero-order chi connectivity index (χ0) is 8.65. The third-order valence-electron chi connectivity index (χ3n) is 1.73. The van der Waals surface area contributed by atoms with Crippen molar-refractivity contribution in [2.45, 2.75) is 18.6 Å². The Hall–Kier alpha value is -0.710. The van der Waals surface area contributed by atoms with Gasteiger partial charge in [0.05, 0.1) is 6.42 Å². The Labute approximate surface area is 64.5 Å². The van der Waals surface area contributed by atoms with E-state index in [1.807, 2.05) is 0 Å². The lowest BCUT2D eigenvalue weighted by molar-refractivity contribution is -0.126. The highest BCUT2D eigenvalue weighted by atomic mass is 32.2. The fraction of sp³-hybridized carbons (Fsp3) is 0.667. The highest BCUT2D eigenvalue weighted by Crippen LogP contribution is 2.12. The van der Waals surface area contributed by atoms with Crippen molar-refractivity contribution >= 4 is 21.4 Å². The maximum absolute atomic E-state index is 11.0. The topological polar surface area (TPSA) is 68.3 Å². The summed E-state index contributed by atoms with van der Waals surface area (Å²) in [5.41, 5.74) is 0. The Kier molecular flexibility index (Phi) is 1.83. The Balaban J connectivity index is 3.03. The minimum atomic E-state index is -3.46. The van der Waals surface area contributed by atoms with E-state index in [-0.39, 0.29) is 6.42 Å². The number of sulfone groups is 1. The quantitative estimate of drug-likeness (QED) is 0.459. The Morgan fingerprint density at radius 3 is 2.36 bits per heavy atom. The van der Waals surface area contributed by atoms with Gasteiger partial charge in [-0.3, -0.25) is 9.59 Å². The zero-order valence-electron chi connectivity index (χ0n) is 6.03. The van der Waals surface area contributed by atoms with Crippen LogP contribution in [0.3, 0.4) is 0 Å². The Morgan fingerprint density at radius 2 is 1.91 bits per heavy atom. The molecule has 1 aliphatic rings. The van der Waals surface area contributed by atoms with Gasteiger partial charge in [-0.25, -0.2) is 8.42 Å². The number of hydrogen-bond acceptors (Lipinski definition) is 4. The summed E-state index contributed by atoms with van der Waals surface area (Å²) in [6.07, 6.45) is -0.222. The van der Waals surface area contributed by atoms with Crippen LogP contribution in [-0.4, -0.2) is 31.0 Å². The van der Waals surface area contributed by atoms with Crippen molar-refractivity contribution in [2.75, 3.05) is 5.75 Å². The number of Topliss-reactive ketones (excluding diaryl/α,β-unsaturated/α-hetero) is 2. The molecule has 0 saturated carbocycles. The van der Waals surface area contributed by atoms with Gasteiger partial charge >= 0.3 is 0 Å². The van der Waals surface area contributed by atoms with Gasteiger partial charge in [-0.05, 0) is 6.92 Å². The van der Waals surface area contributed by atoms with Gasteiger partial charge in [0.15, 0.2) is 21.4 Å². The SMILES string of the molecule is CC1C(=O)CC(=O)CS1(=O)=O. The van der Waals surface area contributed by atoms with E-state index in [0.717, 1.165) is 0 Å². The van der Waals surface area contributed by atoms with Crippen molar-refractivity contribution in [2.24, 2.45) is 0 Å². The lowest BCUT2D eigenvalue weighted by atomic mass is 10.2. The van der Waals surface area contributed by atoms with Crippen LogP contribution in [0, 0.1) is 0 Å². The summed E-state index contributed by atoms with van der Waals surface area (Å²) in [6.45, 7) is 1.32. The molecule has 1 aliphatic heterocycles. The molecular weight excluding hydrogens is 168 g/mol. The van der Waals surface area contributed by atoms with Gasteiger partial charge in [0.25, 0.3) is 0 Å². The van der Waals surface area contributed by atoms with E-state index in [0.29, 0.717) is 0 Å². The van der Waals surface area contributed by atoms with Crippen molar-refractivity contribution in [3.05, 3.63) is 0 Å². The molecule has 0 amide bonds. The molecule has 0 aromatic heterocycles. The van der Waals surface area contributed by atoms with E-state index in [9.17, 15) is 18.0 Å². The second-order valence-corrected chi connectivity index (χ2v) is 4.95. The van der Waals surface area contributed by atoms with E-state index in [1.165, 1.54) is 6.92 Å². The van der Waals surface area contributed by atoms with Crippen molar-refractivity contribution < 1.29 is 18.0 Å². The highest BCUT2D eigenvalue weighted by Gasteiger charge is 2.36. The van der Waals surface area contributed by atoms with Gasteiger partial charge in [-0.15, -0.1) is 0 Å². The van der Waals surface area contributed by atoms with Gasteiger partial charge in [-0.2, -0.15) is 0 Å². The average molecular weight is 176 g/mol. The standard InChI is InChI=1S/C6H8O4S/c1-4-6(8)2-5(7)3-11(4,9)10/h4H,2-3H2,1H3. The minimum Gasteiger partial charge on any atom is -0.298 e. The van der Waals surface area contributed by atoms with Gasteiger partial charge in [-0.1, -0.05) is 0 Å². The summed E-state index contributed by atoms with van der Waals surface area (Å²) in [5, 5.41) is -0.986. The molecule has 62 valence electrons. The highest BCUT2D eigenvalue weighted by molar-refractivity contribution is 7.93. The monoisotopic (exact) mass is 176 g/mol. The van der Waals surface area contributed by atoms with E-state index < -0.39 is 32.4 Å². The normalized spacial score (nSPS) is 30.5. The fourth-order valence-electron chi connectivity index (χ4n) is 0.939. The Bertz CT molecular complexity index is 301. The summed E-state index contributed by atoms with van der Waals surface area (Å²) in [7, 11) is -3.46. The van der Waals surface area contributed by atoms with Crippen LogP contribution in [0.25, 0.3) is 0 Å². The van der Waals surface area contributed by atoms with Crippen molar-refractivity contribution in [1.82, 2.24) is 0 Å². The van der Waals surface area contributed by atoms with Crippen LogP contribution in [0.1, 0.15) is 13.3 Å². The molecule has 1 fully saturated rings. The van der Waals surface area contributed by atoms with Crippen molar-refractivity contribution in [3.63, 3.8) is 0 Å². The van der Waals surface area contributed by atoms with Crippen LogP contribution >= 0.6 is 0 Å². The molecule has 1 unspecified atom stereocenters. The molecular formula is C6H8O4S. The summed E-state index contributed by atoms with van der Waals surface area (Å²) >= 11 is 0. The molecule has 0 aromatic rings. The molecule has 1 saturated heterocycles. The lowest BCUT2D eigenvalue weighted by Gasteiger charge is -2.15. The molecule has 0 aromatic carbocycles. The molecule has 4 nitrogen and oxygen atoms in total. The maximum Gasteiger partial charge on any atom is 0.167 e. The van der Waals surface area contributed by atoms with E-state index in [4.69, 9.17) is 0 Å². The van der Waals surface area contributed by atoms with Gasteiger partial charge in [0.2, 0.25) is 0 Å². The molecule has 1 rings (SSSR count). The first kappa shape index (κ1) is 8.39. The Morgan fingerprint density at radius 1 is 1.36 bits per heavy atom. The van der Waals surface area contributed by atoms with Gasteiger partial charge in [0.1, 0.15) is 11.0 Å². The molecule has 0 radical (unpaired) electrons. The van der Waals surface area contributed by atoms with Crippen LogP contribution in [0.5, 0.6) is 0 Å². The van der Waals surface area contributed by atoms with E-state index >= 15 is 0 Å². The zero-order valence-corrected chi connectivity index (χ0v) is 6.85. The van der Waals surface area contributed by atoms with Crippen molar-refractivity contribution in [1.29, 1.82) is 0 Å². The first-order valence-corrected chi connectivity index (χ1v) is 4.91. The van der Waals surface area contributed by atoms with E-state index in [2.05, 4.69) is 0 Å². The van der Waals surface area contributed by atoms with Crippen LogP contribution in [0.2, 0.25) is 0 Å². The lowest BCUT2D eigenvalue weighted by Crippen LogP contribution is -2.39. The molecule has 0 spiro atoms. The van der Waals surface area contributed by atoms with Gasteiger partial charge < -0.3 is 0 Å². The van der Waals surface area contributed by atoms with Crippen LogP contribution in [-0.2, 0) is 19.4 Å². The number of ketones is 2. The molecule has 11 heavy (non-hydrogen) atoms. The first-order chi connectivity index (χ1) is 4.93. The molecule has 1 heterocycles. The summed E-state index contributed by atoms with van der Waals surface area (Å²) in [4.78, 5) is 21.5. The van der Waals surface area contributed by atoms with Crippen molar-refractivity contribution in [3.8, 4) is 0 Å². The van der Waals surface area contributed by atoms with Crippen LogP contribution < -0.4 is 0 Å². The minimum absolute atomic E-state index is 0.222. The van der Waals surface area contributed by atoms with Gasteiger partial charge in [0, 0.05) is 0 Å². The largest absolute Gasteiger partial charge is 0.298 e. The predicted octanol–water partition coefficient (Wildman–Crippen LogP) is -0.668. The third-order valence-corrected chi connectivity index (χ3v) is 3.79. The predicted molar refractivity (Wildman–Crippen MR) is 37.9 cm³/mol. The molecule has 0 N–H and O–H groups in total. The number of hydrogen-bond donors (Lipinski definition) is 0. The molecule has 0 aliphatic carbocycles. The maximum atomic E-state index is 11.0. The van der Waals surface area contributed by atoms with E-state index in [1.54, 1.807) is 0 Å². The third kappa shape index (κ3) is 1.48. The summed E-state index contributed by atoms with van der Waals surface area (Å²) < 4.78 is 21.9. The second-order valence-electron chi connectivity index (χ2n) is 2.63. The number of rotatable bonds is 0. The number of carbonyl (C=O) groups is 2. The first-order valence-electron chi connectivity index (χ1n) is 3.19. The molecule has 0 bridgehead atoms. The fourth-order valence-corrected chi connectivity index (χ4v) is 2.22.